The van der Waals surface area contributed by atoms with Crippen LogP contribution in [0.3, 0.4) is 0 Å². The fourth-order valence-electron chi connectivity index (χ4n) is 4.80. The minimum absolute atomic E-state index is 0.0330. The zero-order valence-corrected chi connectivity index (χ0v) is 19.7. The van der Waals surface area contributed by atoms with E-state index in [1.807, 2.05) is 23.1 Å². The summed E-state index contributed by atoms with van der Waals surface area (Å²) in [7, 11) is -0.603. The first-order valence-corrected chi connectivity index (χ1v) is 12.6. The zero-order valence-electron chi connectivity index (χ0n) is 18.9. The van der Waals surface area contributed by atoms with Gasteiger partial charge in [0.05, 0.1) is 31.1 Å². The maximum Gasteiger partial charge on any atom is 0.243 e. The number of rotatable bonds is 6. The minimum atomic E-state index is -3.79. The van der Waals surface area contributed by atoms with Gasteiger partial charge in [0.1, 0.15) is 17.3 Å². The third kappa shape index (κ3) is 4.70. The molecule has 0 bridgehead atoms. The van der Waals surface area contributed by atoms with Crippen molar-refractivity contribution in [1.29, 1.82) is 0 Å². The molecule has 2 aromatic carbocycles. The summed E-state index contributed by atoms with van der Waals surface area (Å²) in [6.07, 6.45) is 2.92. The number of methoxy groups -OCH3 is 2. The van der Waals surface area contributed by atoms with Crippen molar-refractivity contribution in [3.8, 4) is 11.5 Å². The molecule has 0 N–H and O–H groups in total. The van der Waals surface area contributed by atoms with Crippen molar-refractivity contribution in [2.75, 3.05) is 33.9 Å². The molecular weight excluding hydrogens is 447 g/mol. The highest BCUT2D eigenvalue weighted by Crippen LogP contribution is 2.40. The lowest BCUT2D eigenvalue weighted by atomic mass is 9.96. The van der Waals surface area contributed by atoms with Gasteiger partial charge in [-0.05, 0) is 62.1 Å². The Labute approximate surface area is 194 Å². The molecule has 2 aromatic rings. The Hall–Kier alpha value is -2.65. The molecule has 0 aromatic heterocycles. The van der Waals surface area contributed by atoms with E-state index in [1.165, 1.54) is 16.4 Å². The molecule has 2 fully saturated rings. The predicted molar refractivity (Wildman–Crippen MR) is 121 cm³/mol. The van der Waals surface area contributed by atoms with Crippen molar-refractivity contribution >= 4 is 15.9 Å². The number of carbonyl (C=O) groups is 1. The molecule has 1 amide bonds. The predicted octanol–water partition coefficient (Wildman–Crippen LogP) is 3.61. The SMILES string of the molecule is COc1ccc([C@@H]2CCCN2C(=O)[C@@H]2CCCN(S(=O)(=O)c3ccc(F)cc3)C2)c(OC)c1. The molecule has 33 heavy (non-hydrogen) atoms. The van der Waals surface area contributed by atoms with Crippen LogP contribution in [0, 0.1) is 11.7 Å². The summed E-state index contributed by atoms with van der Waals surface area (Å²) in [5.74, 6) is 0.409. The van der Waals surface area contributed by atoms with E-state index >= 15 is 0 Å². The number of ether oxygens (including phenoxy) is 2. The van der Waals surface area contributed by atoms with Gasteiger partial charge < -0.3 is 14.4 Å². The number of halogens is 1. The molecule has 2 aliphatic rings. The van der Waals surface area contributed by atoms with Crippen LogP contribution in [0.5, 0.6) is 11.5 Å². The Balaban J connectivity index is 1.53. The third-order valence-corrected chi connectivity index (χ3v) is 8.40. The van der Waals surface area contributed by atoms with Crippen LogP contribution in [0.25, 0.3) is 0 Å². The van der Waals surface area contributed by atoms with Crippen LogP contribution in [0.15, 0.2) is 47.4 Å². The highest BCUT2D eigenvalue weighted by Gasteiger charge is 2.39. The molecule has 2 saturated heterocycles. The van der Waals surface area contributed by atoms with Gasteiger partial charge in [0.15, 0.2) is 0 Å². The van der Waals surface area contributed by atoms with Crippen LogP contribution in [-0.2, 0) is 14.8 Å². The molecule has 9 heteroatoms. The average molecular weight is 477 g/mol. The van der Waals surface area contributed by atoms with Gasteiger partial charge in [0.2, 0.25) is 15.9 Å². The summed E-state index contributed by atoms with van der Waals surface area (Å²) in [4.78, 5) is 15.5. The van der Waals surface area contributed by atoms with Gasteiger partial charge in [0.25, 0.3) is 0 Å². The Morgan fingerprint density at radius 3 is 2.42 bits per heavy atom. The molecule has 178 valence electrons. The summed E-state index contributed by atoms with van der Waals surface area (Å²) in [6.45, 7) is 1.10. The fraction of sp³-hybridized carbons (Fsp3) is 0.458. The van der Waals surface area contributed by atoms with Crippen molar-refractivity contribution in [2.24, 2.45) is 5.92 Å². The normalized spacial score (nSPS) is 21.7. The van der Waals surface area contributed by atoms with Gasteiger partial charge >= 0.3 is 0 Å². The Morgan fingerprint density at radius 1 is 1.00 bits per heavy atom. The molecule has 0 aliphatic carbocycles. The Kier molecular flexibility index (Phi) is 6.90. The van der Waals surface area contributed by atoms with E-state index in [-0.39, 0.29) is 23.4 Å². The van der Waals surface area contributed by atoms with Crippen LogP contribution in [0.2, 0.25) is 0 Å². The summed E-state index contributed by atoms with van der Waals surface area (Å²) >= 11 is 0. The topological polar surface area (TPSA) is 76.2 Å². The number of nitrogens with zero attached hydrogens (tertiary/aromatic N) is 2. The van der Waals surface area contributed by atoms with Gasteiger partial charge in [-0.15, -0.1) is 0 Å². The molecule has 4 rings (SSSR count). The van der Waals surface area contributed by atoms with Crippen LogP contribution in [0.4, 0.5) is 4.39 Å². The summed E-state index contributed by atoms with van der Waals surface area (Å²) in [5.41, 5.74) is 0.927. The van der Waals surface area contributed by atoms with Crippen LogP contribution in [0.1, 0.15) is 37.3 Å². The van der Waals surface area contributed by atoms with E-state index < -0.39 is 21.8 Å². The summed E-state index contributed by atoms with van der Waals surface area (Å²) in [6, 6.07) is 10.3. The van der Waals surface area contributed by atoms with Gasteiger partial charge in [0, 0.05) is 31.3 Å². The standard InChI is InChI=1S/C24H29FN2O5S/c1-31-19-9-12-21(23(15-19)32-2)22-6-4-14-27(22)24(28)17-5-3-13-26(16-17)33(29,30)20-10-7-18(25)8-11-20/h7-12,15,17,22H,3-6,13-14,16H2,1-2H3/t17-,22+/m1/s1. The van der Waals surface area contributed by atoms with E-state index in [1.54, 1.807) is 14.2 Å². The molecule has 7 nitrogen and oxygen atoms in total. The quantitative estimate of drug-likeness (QED) is 0.637. The number of amides is 1. The lowest BCUT2D eigenvalue weighted by molar-refractivity contribution is -0.137. The molecule has 2 aliphatic heterocycles. The van der Waals surface area contributed by atoms with Gasteiger partial charge in [-0.1, -0.05) is 0 Å². The van der Waals surface area contributed by atoms with Crippen LogP contribution >= 0.6 is 0 Å². The van der Waals surface area contributed by atoms with Crippen molar-refractivity contribution in [2.45, 2.75) is 36.6 Å². The molecular formula is C24H29FN2O5S. The van der Waals surface area contributed by atoms with Crippen molar-refractivity contribution in [1.82, 2.24) is 9.21 Å². The van der Waals surface area contributed by atoms with E-state index in [4.69, 9.17) is 9.47 Å². The number of hydrogen-bond acceptors (Lipinski definition) is 5. The van der Waals surface area contributed by atoms with Crippen molar-refractivity contribution in [3.63, 3.8) is 0 Å². The molecule has 0 saturated carbocycles. The highest BCUT2D eigenvalue weighted by molar-refractivity contribution is 7.89. The average Bonchev–Trinajstić information content (AvgIpc) is 3.33. The Bertz CT molecular complexity index is 1110. The van der Waals surface area contributed by atoms with Crippen molar-refractivity contribution < 1.29 is 27.1 Å². The van der Waals surface area contributed by atoms with E-state index in [2.05, 4.69) is 0 Å². The first kappa shape index (κ1) is 23.5. The largest absolute Gasteiger partial charge is 0.497 e. The number of sulfonamides is 1. The number of likely N-dealkylation sites (tertiary alicyclic amines) is 1. The fourth-order valence-corrected chi connectivity index (χ4v) is 6.32. The van der Waals surface area contributed by atoms with E-state index in [0.29, 0.717) is 37.4 Å². The number of piperidine rings is 1. The minimum Gasteiger partial charge on any atom is -0.497 e. The molecule has 0 radical (unpaired) electrons. The first-order chi connectivity index (χ1) is 15.8. The van der Waals surface area contributed by atoms with Crippen LogP contribution < -0.4 is 9.47 Å². The molecule has 2 atom stereocenters. The second-order valence-corrected chi connectivity index (χ2v) is 10.4. The number of hydrogen-bond donors (Lipinski definition) is 0. The highest BCUT2D eigenvalue weighted by atomic mass is 32.2. The van der Waals surface area contributed by atoms with E-state index in [9.17, 15) is 17.6 Å². The maximum absolute atomic E-state index is 13.5. The van der Waals surface area contributed by atoms with Crippen LogP contribution in [-0.4, -0.2) is 57.4 Å². The summed E-state index contributed by atoms with van der Waals surface area (Å²) < 4.78 is 51.6. The van der Waals surface area contributed by atoms with Gasteiger partial charge in [-0.25, -0.2) is 12.8 Å². The lowest BCUT2D eigenvalue weighted by Crippen LogP contribution is -2.46. The Morgan fingerprint density at radius 2 is 1.73 bits per heavy atom. The van der Waals surface area contributed by atoms with E-state index in [0.717, 1.165) is 30.5 Å². The van der Waals surface area contributed by atoms with Crippen molar-refractivity contribution in [3.05, 3.63) is 53.8 Å². The lowest BCUT2D eigenvalue weighted by Gasteiger charge is -2.35. The first-order valence-electron chi connectivity index (χ1n) is 11.1. The molecule has 2 heterocycles. The monoisotopic (exact) mass is 476 g/mol. The third-order valence-electron chi connectivity index (χ3n) is 6.52. The van der Waals surface area contributed by atoms with Gasteiger partial charge in [-0.2, -0.15) is 4.31 Å². The smallest absolute Gasteiger partial charge is 0.243 e. The molecule has 0 unspecified atom stereocenters. The zero-order chi connectivity index (χ0) is 23.6. The number of carbonyl (C=O) groups excluding carboxylic acids is 1. The van der Waals surface area contributed by atoms with Gasteiger partial charge in [-0.3, -0.25) is 4.79 Å². The second-order valence-electron chi connectivity index (χ2n) is 8.45. The molecule has 0 spiro atoms. The summed E-state index contributed by atoms with van der Waals surface area (Å²) in [5, 5.41) is 0. The number of benzene rings is 2. The second kappa shape index (κ2) is 9.69. The maximum atomic E-state index is 13.5.